The van der Waals surface area contributed by atoms with E-state index in [-0.39, 0.29) is 37.3 Å². The van der Waals surface area contributed by atoms with Gasteiger partial charge in [0.05, 0.1) is 5.69 Å². The van der Waals surface area contributed by atoms with Gasteiger partial charge in [0.25, 0.3) is 5.91 Å². The quantitative estimate of drug-likeness (QED) is 0.384. The predicted octanol–water partition coefficient (Wildman–Crippen LogP) is 4.74. The van der Waals surface area contributed by atoms with E-state index in [2.05, 4.69) is 15.6 Å². The molecule has 6 rings (SSSR count). The van der Waals surface area contributed by atoms with E-state index in [9.17, 15) is 29.1 Å². The summed E-state index contributed by atoms with van der Waals surface area (Å²) in [6.45, 7) is 5.87. The van der Waals surface area contributed by atoms with E-state index < -0.39 is 53.0 Å². The lowest BCUT2D eigenvalue weighted by molar-refractivity contribution is -0.146. The number of nitrogens with zero attached hydrogens (tertiary/aromatic N) is 3. The second kappa shape index (κ2) is 13.7. The van der Waals surface area contributed by atoms with Gasteiger partial charge in [-0.2, -0.15) is 0 Å². The van der Waals surface area contributed by atoms with E-state index in [0.717, 1.165) is 24.8 Å². The minimum atomic E-state index is -1.46. The first-order valence-corrected chi connectivity index (χ1v) is 18.0. The van der Waals surface area contributed by atoms with E-state index in [4.69, 9.17) is 16.3 Å². The fourth-order valence-corrected chi connectivity index (χ4v) is 8.17. The SMILES string of the molecule is CC(C)(C)OC(=O)N[C@@H]1CCCCC/C=C\[C@@H]2C[C@@]2(C(=O)O)NC(=O)[C@@H]2[C@H]3CN(C(=O)c4nc(-c5ccc(Cl)cc5)cs4)C[C@H]3CN2C1=O. The van der Waals surface area contributed by atoms with Crippen molar-refractivity contribution in [1.29, 1.82) is 0 Å². The number of fused-ring (bicyclic) bond motifs is 4. The number of amides is 4. The molecule has 0 bridgehead atoms. The lowest BCUT2D eigenvalue weighted by atomic mass is 9.93. The number of thiazole rings is 1. The standard InChI is InChI=1S/C35H42ClN5O7S/c1-34(2,3)48-33(47)38-25-10-8-6-4-5-7-9-22-15-35(22,32(45)46)39-28(42)27-24-18-40(16-21(24)17-41(27)30(25)43)31(44)29-37-26(19-49-29)20-11-13-23(36)14-12-20/h7,9,11-14,19,21-22,24-25,27H,4-6,8,10,15-18H2,1-3H3,(H,38,47)(H,39,42)(H,45,46)/b9-7-/t21-,22+,24-,25+,27-,35+/m0/s1. The van der Waals surface area contributed by atoms with E-state index >= 15 is 0 Å². The normalized spacial score (nSPS) is 29.4. The maximum absolute atomic E-state index is 14.3. The number of benzene rings is 1. The first-order chi connectivity index (χ1) is 23.3. The largest absolute Gasteiger partial charge is 0.479 e. The molecule has 4 heterocycles. The van der Waals surface area contributed by atoms with Crippen molar-refractivity contribution in [3.05, 3.63) is 51.8 Å². The van der Waals surface area contributed by atoms with Crippen molar-refractivity contribution in [2.24, 2.45) is 17.8 Å². The molecule has 1 aromatic heterocycles. The third-order valence-corrected chi connectivity index (χ3v) is 10.9. The van der Waals surface area contributed by atoms with Gasteiger partial charge < -0.3 is 30.3 Å². The number of nitrogens with one attached hydrogen (secondary N) is 2. The van der Waals surface area contributed by atoms with Gasteiger partial charge in [-0.05, 0) is 58.6 Å². The van der Waals surface area contributed by atoms with Gasteiger partial charge in [-0.15, -0.1) is 11.3 Å². The van der Waals surface area contributed by atoms with Crippen LogP contribution in [0.3, 0.4) is 0 Å². The van der Waals surface area contributed by atoms with Gasteiger partial charge in [0, 0.05) is 53.4 Å². The fourth-order valence-electron chi connectivity index (χ4n) is 7.25. The molecule has 262 valence electrons. The summed E-state index contributed by atoms with van der Waals surface area (Å²) < 4.78 is 5.47. The number of carbonyl (C=O) groups excluding carboxylic acids is 4. The minimum absolute atomic E-state index is 0.176. The Hall–Kier alpha value is -3.97. The lowest BCUT2D eigenvalue weighted by Crippen LogP contribution is -2.58. The van der Waals surface area contributed by atoms with Gasteiger partial charge in [0.2, 0.25) is 11.8 Å². The smallest absolute Gasteiger partial charge is 0.408 e. The number of alkyl carbamates (subject to hydrolysis) is 1. The second-order valence-electron chi connectivity index (χ2n) is 14.5. The number of aromatic nitrogens is 1. The molecule has 12 nitrogen and oxygen atoms in total. The van der Waals surface area contributed by atoms with Crippen molar-refractivity contribution < 1.29 is 33.8 Å². The average molecular weight is 712 g/mol. The number of rotatable bonds is 4. The van der Waals surface area contributed by atoms with Crippen molar-refractivity contribution in [2.75, 3.05) is 19.6 Å². The van der Waals surface area contributed by atoms with Gasteiger partial charge in [-0.1, -0.05) is 48.7 Å². The number of halogens is 1. The zero-order valence-corrected chi connectivity index (χ0v) is 29.4. The molecule has 1 aliphatic carbocycles. The summed E-state index contributed by atoms with van der Waals surface area (Å²) in [7, 11) is 0. The Kier molecular flexibility index (Phi) is 9.78. The molecule has 2 aromatic rings. The first-order valence-electron chi connectivity index (χ1n) is 16.8. The minimum Gasteiger partial charge on any atom is -0.479 e. The van der Waals surface area contributed by atoms with Crippen LogP contribution >= 0.6 is 22.9 Å². The molecule has 0 spiro atoms. The number of aliphatic carboxylic acids is 1. The summed E-state index contributed by atoms with van der Waals surface area (Å²) >= 11 is 7.26. The van der Waals surface area contributed by atoms with Crippen LogP contribution in [0.4, 0.5) is 4.79 Å². The van der Waals surface area contributed by atoms with Crippen LogP contribution in [0.25, 0.3) is 11.3 Å². The van der Waals surface area contributed by atoms with Crippen LogP contribution in [0.15, 0.2) is 41.8 Å². The van der Waals surface area contributed by atoms with Gasteiger partial charge >= 0.3 is 12.1 Å². The molecule has 0 unspecified atom stereocenters. The zero-order chi connectivity index (χ0) is 35.1. The van der Waals surface area contributed by atoms with E-state index in [1.165, 1.54) is 16.2 Å². The molecule has 6 atom stereocenters. The number of carbonyl (C=O) groups is 5. The maximum Gasteiger partial charge on any atom is 0.408 e. The van der Waals surface area contributed by atoms with Crippen molar-refractivity contribution in [3.63, 3.8) is 0 Å². The van der Waals surface area contributed by atoms with Crippen LogP contribution in [0.5, 0.6) is 0 Å². The van der Waals surface area contributed by atoms with E-state index in [0.29, 0.717) is 35.1 Å². The number of likely N-dealkylation sites (tertiary alicyclic amines) is 1. The number of hydrogen-bond acceptors (Lipinski definition) is 8. The monoisotopic (exact) mass is 711 g/mol. The third kappa shape index (κ3) is 7.47. The van der Waals surface area contributed by atoms with Gasteiger partial charge in [0.15, 0.2) is 5.01 Å². The van der Waals surface area contributed by atoms with Crippen LogP contribution < -0.4 is 10.6 Å². The highest BCUT2D eigenvalue weighted by molar-refractivity contribution is 7.12. The second-order valence-corrected chi connectivity index (χ2v) is 15.8. The van der Waals surface area contributed by atoms with Gasteiger partial charge in [-0.25, -0.2) is 14.6 Å². The molecule has 1 saturated carbocycles. The number of allylic oxidation sites excluding steroid dienone is 1. The molecular formula is C35H42ClN5O7S. The van der Waals surface area contributed by atoms with Crippen molar-refractivity contribution in [1.82, 2.24) is 25.4 Å². The summed E-state index contributed by atoms with van der Waals surface area (Å²) in [4.78, 5) is 75.3. The molecule has 49 heavy (non-hydrogen) atoms. The number of hydrogen-bond donors (Lipinski definition) is 3. The van der Waals surface area contributed by atoms with Crippen LogP contribution in [0.1, 0.15) is 69.1 Å². The van der Waals surface area contributed by atoms with Crippen LogP contribution in [-0.2, 0) is 19.1 Å². The molecule has 3 N–H and O–H groups in total. The van der Waals surface area contributed by atoms with Gasteiger partial charge in [0.1, 0.15) is 23.2 Å². The summed E-state index contributed by atoms with van der Waals surface area (Å²) in [6.07, 6.45) is 6.75. The summed E-state index contributed by atoms with van der Waals surface area (Å²) in [6, 6.07) is 5.21. The molecule has 4 aliphatic rings. The number of carboxylic acids is 1. The van der Waals surface area contributed by atoms with Crippen molar-refractivity contribution >= 4 is 52.7 Å². The van der Waals surface area contributed by atoms with Crippen LogP contribution in [0.2, 0.25) is 5.02 Å². The van der Waals surface area contributed by atoms with E-state index in [1.54, 1.807) is 37.8 Å². The fraction of sp³-hybridized carbons (Fsp3) is 0.543. The molecule has 3 fully saturated rings. The Labute approximate surface area is 294 Å². The average Bonchev–Trinajstić information content (AvgIpc) is 3.37. The highest BCUT2D eigenvalue weighted by Crippen LogP contribution is 2.46. The Bertz CT molecular complexity index is 1660. The predicted molar refractivity (Wildman–Crippen MR) is 183 cm³/mol. The van der Waals surface area contributed by atoms with Crippen molar-refractivity contribution in [3.8, 4) is 11.3 Å². The maximum atomic E-state index is 14.3. The van der Waals surface area contributed by atoms with Crippen molar-refractivity contribution in [2.45, 2.75) is 82.5 Å². The molecule has 4 amide bonds. The lowest BCUT2D eigenvalue weighted by Gasteiger charge is -2.32. The molecular weight excluding hydrogens is 670 g/mol. The highest BCUT2D eigenvalue weighted by Gasteiger charge is 2.62. The summed E-state index contributed by atoms with van der Waals surface area (Å²) in [5.74, 6) is -3.43. The van der Waals surface area contributed by atoms with Crippen LogP contribution in [0, 0.1) is 17.8 Å². The molecule has 1 aromatic carbocycles. The molecule has 14 heteroatoms. The Balaban J connectivity index is 1.26. The van der Waals surface area contributed by atoms with Gasteiger partial charge in [-0.3, -0.25) is 14.4 Å². The molecule has 3 aliphatic heterocycles. The number of carboxylic acid groups (broad SMARTS) is 1. The summed E-state index contributed by atoms with van der Waals surface area (Å²) in [5.41, 5.74) is -0.754. The van der Waals surface area contributed by atoms with E-state index in [1.807, 2.05) is 29.7 Å². The summed E-state index contributed by atoms with van der Waals surface area (Å²) in [5, 5.41) is 18.5. The first kappa shape index (κ1) is 34.9. The third-order valence-electron chi connectivity index (χ3n) is 9.79. The number of ether oxygens (including phenoxy) is 1. The topological polar surface area (TPSA) is 158 Å². The van der Waals surface area contributed by atoms with Crippen LogP contribution in [-0.4, -0.2) is 92.5 Å². The molecule has 2 saturated heterocycles. The Morgan fingerprint density at radius 2 is 1.86 bits per heavy atom. The zero-order valence-electron chi connectivity index (χ0n) is 27.8. The molecule has 0 radical (unpaired) electrons. The highest BCUT2D eigenvalue weighted by atomic mass is 35.5. The Morgan fingerprint density at radius 1 is 1.10 bits per heavy atom. The Morgan fingerprint density at radius 3 is 2.57 bits per heavy atom.